The lowest BCUT2D eigenvalue weighted by Crippen LogP contribution is -2.14. The fraction of sp³-hybridized carbons (Fsp3) is 0.385. The Morgan fingerprint density at radius 2 is 1.88 bits per heavy atom. The van der Waals surface area contributed by atoms with Crippen LogP contribution in [0.3, 0.4) is 0 Å². The predicted octanol–water partition coefficient (Wildman–Crippen LogP) is 2.94. The van der Waals surface area contributed by atoms with Crippen LogP contribution in [0.5, 0.6) is 5.75 Å². The molecule has 2 aromatic rings. The Balaban J connectivity index is 2.79. The van der Waals surface area contributed by atoms with Gasteiger partial charge in [-0.05, 0) is 6.07 Å². The Hall–Kier alpha value is -1.64. The molecule has 0 aliphatic rings. The van der Waals surface area contributed by atoms with Crippen LogP contribution >= 0.6 is 0 Å². The number of methoxy groups -OCH3 is 1. The van der Waals surface area contributed by atoms with Crippen molar-refractivity contribution in [2.75, 3.05) is 7.11 Å². The monoisotopic (exact) mass is 216 g/mol. The zero-order valence-corrected chi connectivity index (χ0v) is 10.1. The maximum absolute atomic E-state index is 5.30. The predicted molar refractivity (Wildman–Crippen MR) is 64.8 cm³/mol. The third-order valence-electron chi connectivity index (χ3n) is 2.56. The number of para-hydroxylation sites is 1. The van der Waals surface area contributed by atoms with Crippen molar-refractivity contribution in [1.29, 1.82) is 0 Å². The van der Waals surface area contributed by atoms with Crippen LogP contribution in [0.4, 0.5) is 0 Å². The fourth-order valence-electron chi connectivity index (χ4n) is 1.82. The van der Waals surface area contributed by atoms with E-state index in [-0.39, 0.29) is 5.41 Å². The van der Waals surface area contributed by atoms with Gasteiger partial charge in [-0.25, -0.2) is 9.97 Å². The average molecular weight is 216 g/mol. The third-order valence-corrected chi connectivity index (χ3v) is 2.56. The van der Waals surface area contributed by atoms with Crippen molar-refractivity contribution >= 4 is 10.9 Å². The summed E-state index contributed by atoms with van der Waals surface area (Å²) in [4.78, 5) is 8.68. The van der Waals surface area contributed by atoms with Crippen molar-refractivity contribution in [2.24, 2.45) is 0 Å². The van der Waals surface area contributed by atoms with E-state index in [1.54, 1.807) is 13.4 Å². The molecule has 0 saturated heterocycles. The quantitative estimate of drug-likeness (QED) is 0.735. The maximum Gasteiger partial charge on any atom is 0.145 e. The minimum absolute atomic E-state index is 0.00749. The second-order valence-corrected chi connectivity index (χ2v) is 4.83. The maximum atomic E-state index is 5.30. The Bertz CT molecular complexity index is 515. The first-order chi connectivity index (χ1) is 7.54. The second-order valence-electron chi connectivity index (χ2n) is 4.83. The summed E-state index contributed by atoms with van der Waals surface area (Å²) in [5.74, 6) is 0.797. The van der Waals surface area contributed by atoms with Gasteiger partial charge in [0.05, 0.1) is 12.8 Å². The van der Waals surface area contributed by atoms with Gasteiger partial charge in [0.25, 0.3) is 0 Å². The number of aromatic nitrogens is 2. The highest BCUT2D eigenvalue weighted by Gasteiger charge is 2.19. The Labute approximate surface area is 95.5 Å². The molecule has 3 nitrogen and oxygen atoms in total. The lowest BCUT2D eigenvalue weighted by molar-refractivity contribution is 0.418. The van der Waals surface area contributed by atoms with Gasteiger partial charge in [0.1, 0.15) is 17.6 Å². The molecule has 0 N–H and O–H groups in total. The van der Waals surface area contributed by atoms with E-state index in [0.29, 0.717) is 0 Å². The molecule has 2 rings (SSSR count). The Morgan fingerprint density at radius 3 is 2.50 bits per heavy atom. The molecule has 16 heavy (non-hydrogen) atoms. The highest BCUT2D eigenvalue weighted by Crippen LogP contribution is 2.30. The van der Waals surface area contributed by atoms with Gasteiger partial charge in [0.15, 0.2) is 0 Å². The van der Waals surface area contributed by atoms with Crippen molar-refractivity contribution in [3.63, 3.8) is 0 Å². The van der Waals surface area contributed by atoms with Gasteiger partial charge in [0, 0.05) is 10.8 Å². The van der Waals surface area contributed by atoms with Gasteiger partial charge >= 0.3 is 0 Å². The summed E-state index contributed by atoms with van der Waals surface area (Å²) in [6, 6.07) is 5.93. The molecular formula is C13H16N2O. The molecule has 1 aromatic heterocycles. The van der Waals surface area contributed by atoms with E-state index in [2.05, 4.69) is 30.7 Å². The molecule has 0 fully saturated rings. The number of benzene rings is 1. The van der Waals surface area contributed by atoms with E-state index in [4.69, 9.17) is 4.74 Å². The van der Waals surface area contributed by atoms with E-state index in [1.165, 1.54) is 0 Å². The lowest BCUT2D eigenvalue weighted by atomic mass is 9.89. The van der Waals surface area contributed by atoms with Crippen LogP contribution in [0.15, 0.2) is 24.5 Å². The number of rotatable bonds is 1. The highest BCUT2D eigenvalue weighted by atomic mass is 16.5. The van der Waals surface area contributed by atoms with Crippen LogP contribution in [-0.2, 0) is 5.41 Å². The highest BCUT2D eigenvalue weighted by molar-refractivity contribution is 5.86. The van der Waals surface area contributed by atoms with E-state index in [1.807, 2.05) is 18.2 Å². The number of hydrogen-bond donors (Lipinski definition) is 0. The summed E-state index contributed by atoms with van der Waals surface area (Å²) in [5, 5.41) is 1.06. The van der Waals surface area contributed by atoms with Crippen molar-refractivity contribution < 1.29 is 4.74 Å². The molecule has 0 atom stereocenters. The molecule has 84 valence electrons. The van der Waals surface area contributed by atoms with E-state index >= 15 is 0 Å². The van der Waals surface area contributed by atoms with E-state index in [0.717, 1.165) is 22.3 Å². The van der Waals surface area contributed by atoms with Gasteiger partial charge < -0.3 is 4.74 Å². The van der Waals surface area contributed by atoms with Gasteiger partial charge in [-0.1, -0.05) is 32.9 Å². The summed E-state index contributed by atoms with van der Waals surface area (Å²) < 4.78 is 5.30. The average Bonchev–Trinajstić information content (AvgIpc) is 2.26. The first-order valence-corrected chi connectivity index (χ1v) is 5.32. The SMILES string of the molecule is COc1cccc2c(C(C)(C)C)ncnc12. The largest absolute Gasteiger partial charge is 0.494 e. The van der Waals surface area contributed by atoms with Crippen LogP contribution in [-0.4, -0.2) is 17.1 Å². The number of nitrogens with zero attached hydrogens (tertiary/aromatic N) is 2. The molecule has 0 aliphatic heterocycles. The molecule has 0 radical (unpaired) electrons. The minimum Gasteiger partial charge on any atom is -0.494 e. The number of ether oxygens (including phenoxy) is 1. The van der Waals surface area contributed by atoms with Crippen LogP contribution in [0.2, 0.25) is 0 Å². The second kappa shape index (κ2) is 3.74. The zero-order chi connectivity index (χ0) is 11.8. The van der Waals surface area contributed by atoms with E-state index in [9.17, 15) is 0 Å². The van der Waals surface area contributed by atoms with Crippen molar-refractivity contribution in [1.82, 2.24) is 9.97 Å². The Morgan fingerprint density at radius 1 is 1.12 bits per heavy atom. The summed E-state index contributed by atoms with van der Waals surface area (Å²) in [5.41, 5.74) is 1.94. The van der Waals surface area contributed by atoms with Crippen LogP contribution in [0.25, 0.3) is 10.9 Å². The van der Waals surface area contributed by atoms with Crippen molar-refractivity contribution in [2.45, 2.75) is 26.2 Å². The van der Waals surface area contributed by atoms with Crippen LogP contribution in [0, 0.1) is 0 Å². The first-order valence-electron chi connectivity index (χ1n) is 5.32. The summed E-state index contributed by atoms with van der Waals surface area (Å²) in [6.45, 7) is 6.44. The molecule has 0 amide bonds. The van der Waals surface area contributed by atoms with Gasteiger partial charge in [-0.15, -0.1) is 0 Å². The molecule has 1 aromatic carbocycles. The smallest absolute Gasteiger partial charge is 0.145 e. The molecule has 3 heteroatoms. The van der Waals surface area contributed by atoms with Crippen molar-refractivity contribution in [3.05, 3.63) is 30.2 Å². The Kier molecular flexibility index (Phi) is 2.54. The molecule has 0 aliphatic carbocycles. The molecular weight excluding hydrogens is 200 g/mol. The number of hydrogen-bond acceptors (Lipinski definition) is 3. The molecule has 1 heterocycles. The van der Waals surface area contributed by atoms with Crippen LogP contribution < -0.4 is 4.74 Å². The number of fused-ring (bicyclic) bond motifs is 1. The molecule has 0 spiro atoms. The molecule has 0 saturated carbocycles. The van der Waals surface area contributed by atoms with Gasteiger partial charge in [-0.3, -0.25) is 0 Å². The topological polar surface area (TPSA) is 35.0 Å². The molecule has 0 bridgehead atoms. The van der Waals surface area contributed by atoms with Gasteiger partial charge in [0.2, 0.25) is 0 Å². The van der Waals surface area contributed by atoms with Crippen molar-refractivity contribution in [3.8, 4) is 5.75 Å². The first kappa shape index (κ1) is 10.9. The third kappa shape index (κ3) is 1.73. The fourth-order valence-corrected chi connectivity index (χ4v) is 1.82. The summed E-state index contributed by atoms with van der Waals surface area (Å²) >= 11 is 0. The minimum atomic E-state index is 0.00749. The molecule has 0 unspecified atom stereocenters. The zero-order valence-electron chi connectivity index (χ0n) is 10.1. The summed E-state index contributed by atoms with van der Waals surface area (Å²) in [6.07, 6.45) is 1.60. The van der Waals surface area contributed by atoms with Gasteiger partial charge in [-0.2, -0.15) is 0 Å². The standard InChI is InChI=1S/C13H16N2O/c1-13(2,3)12-9-6-5-7-10(16-4)11(9)14-8-15-12/h5-8H,1-4H3. The van der Waals surface area contributed by atoms with E-state index < -0.39 is 0 Å². The normalized spacial score (nSPS) is 11.8. The lowest BCUT2D eigenvalue weighted by Gasteiger charge is -2.19. The summed E-state index contributed by atoms with van der Waals surface area (Å²) in [7, 11) is 1.66. The van der Waals surface area contributed by atoms with Crippen LogP contribution in [0.1, 0.15) is 26.5 Å².